The lowest BCUT2D eigenvalue weighted by Crippen LogP contribution is -2.41. The number of hydrogen-bond donors (Lipinski definition) is 2. The number of methoxy groups -OCH3 is 1. The Balaban J connectivity index is 1.98. The van der Waals surface area contributed by atoms with E-state index >= 15 is 0 Å². The van der Waals surface area contributed by atoms with Crippen LogP contribution in [0.5, 0.6) is 5.75 Å². The second kappa shape index (κ2) is 8.57. The smallest absolute Gasteiger partial charge is 0.248 e. The number of nitrogens with zero attached hydrogens (tertiary/aromatic N) is 2. The maximum Gasteiger partial charge on any atom is 0.248 e. The van der Waals surface area contributed by atoms with Gasteiger partial charge < -0.3 is 10.1 Å². The van der Waals surface area contributed by atoms with Crippen molar-refractivity contribution in [1.29, 1.82) is 0 Å². The first-order chi connectivity index (χ1) is 11.9. The van der Waals surface area contributed by atoms with Gasteiger partial charge in [-0.3, -0.25) is 14.9 Å². The number of rotatable bonds is 7. The highest BCUT2D eigenvalue weighted by Gasteiger charge is 2.18. The fourth-order valence-corrected chi connectivity index (χ4v) is 2.84. The predicted molar refractivity (Wildman–Crippen MR) is 97.6 cm³/mol. The predicted octanol–water partition coefficient (Wildman–Crippen LogP) is 2.70. The van der Waals surface area contributed by atoms with E-state index in [1.165, 1.54) is 11.3 Å². The van der Waals surface area contributed by atoms with Crippen LogP contribution in [-0.4, -0.2) is 35.2 Å². The first-order valence-corrected chi connectivity index (χ1v) is 8.79. The quantitative estimate of drug-likeness (QED) is 0.790. The molecule has 2 N–H and O–H groups in total. The SMILES string of the molecule is COc1cccc(-c2nnc(NC(=O)C(C)NC(=O)CC(C)C)s2)c1. The molecule has 0 spiro atoms. The third-order valence-electron chi connectivity index (χ3n) is 3.34. The monoisotopic (exact) mass is 362 g/mol. The molecule has 0 fully saturated rings. The number of anilines is 1. The third kappa shape index (κ3) is 5.53. The average Bonchev–Trinajstić information content (AvgIpc) is 3.02. The van der Waals surface area contributed by atoms with E-state index < -0.39 is 6.04 Å². The summed E-state index contributed by atoms with van der Waals surface area (Å²) in [6.45, 7) is 5.54. The van der Waals surface area contributed by atoms with Gasteiger partial charge in [0, 0.05) is 12.0 Å². The number of carbonyl (C=O) groups is 2. The van der Waals surface area contributed by atoms with E-state index in [9.17, 15) is 9.59 Å². The molecule has 2 amide bonds. The van der Waals surface area contributed by atoms with Crippen LogP contribution in [0.15, 0.2) is 24.3 Å². The van der Waals surface area contributed by atoms with Crippen LogP contribution in [0.1, 0.15) is 27.2 Å². The highest BCUT2D eigenvalue weighted by Crippen LogP contribution is 2.28. The summed E-state index contributed by atoms with van der Waals surface area (Å²) < 4.78 is 5.19. The molecule has 0 saturated heterocycles. The van der Waals surface area contributed by atoms with E-state index in [1.807, 2.05) is 38.1 Å². The molecular weight excluding hydrogens is 340 g/mol. The summed E-state index contributed by atoms with van der Waals surface area (Å²) in [6.07, 6.45) is 0.385. The van der Waals surface area contributed by atoms with E-state index in [0.717, 1.165) is 11.3 Å². The minimum absolute atomic E-state index is 0.146. The Bertz CT molecular complexity index is 745. The Hall–Kier alpha value is -2.48. The molecule has 8 heteroatoms. The maximum absolute atomic E-state index is 12.2. The van der Waals surface area contributed by atoms with Gasteiger partial charge in [0.05, 0.1) is 7.11 Å². The van der Waals surface area contributed by atoms with Crippen molar-refractivity contribution >= 4 is 28.3 Å². The molecule has 1 unspecified atom stereocenters. The molecule has 1 heterocycles. The molecule has 134 valence electrons. The first kappa shape index (κ1) is 18.9. The van der Waals surface area contributed by atoms with Crippen molar-refractivity contribution in [2.45, 2.75) is 33.2 Å². The normalized spacial score (nSPS) is 11.9. The van der Waals surface area contributed by atoms with Gasteiger partial charge in [0.2, 0.25) is 16.9 Å². The molecule has 0 radical (unpaired) electrons. The molecule has 0 saturated carbocycles. The van der Waals surface area contributed by atoms with Crippen molar-refractivity contribution in [2.24, 2.45) is 5.92 Å². The van der Waals surface area contributed by atoms with Gasteiger partial charge in [-0.05, 0) is 25.0 Å². The third-order valence-corrected chi connectivity index (χ3v) is 4.22. The van der Waals surface area contributed by atoms with Gasteiger partial charge in [-0.2, -0.15) is 0 Å². The van der Waals surface area contributed by atoms with Gasteiger partial charge in [0.15, 0.2) is 0 Å². The first-order valence-electron chi connectivity index (χ1n) is 7.97. The second-order valence-electron chi connectivity index (χ2n) is 6.02. The van der Waals surface area contributed by atoms with Crippen LogP contribution >= 0.6 is 11.3 Å². The number of hydrogen-bond acceptors (Lipinski definition) is 6. The van der Waals surface area contributed by atoms with Crippen molar-refractivity contribution in [2.75, 3.05) is 12.4 Å². The summed E-state index contributed by atoms with van der Waals surface area (Å²) in [5.41, 5.74) is 0.857. The number of carbonyl (C=O) groups excluding carboxylic acids is 2. The highest BCUT2D eigenvalue weighted by molar-refractivity contribution is 7.18. The number of ether oxygens (including phenoxy) is 1. The van der Waals surface area contributed by atoms with E-state index in [1.54, 1.807) is 14.0 Å². The fraction of sp³-hybridized carbons (Fsp3) is 0.412. The molecule has 1 aromatic heterocycles. The van der Waals surface area contributed by atoms with Crippen LogP contribution in [0.4, 0.5) is 5.13 Å². The van der Waals surface area contributed by atoms with Crippen LogP contribution in [0, 0.1) is 5.92 Å². The van der Waals surface area contributed by atoms with Gasteiger partial charge >= 0.3 is 0 Å². The summed E-state index contributed by atoms with van der Waals surface area (Å²) in [7, 11) is 1.60. The summed E-state index contributed by atoms with van der Waals surface area (Å²) >= 11 is 1.26. The highest BCUT2D eigenvalue weighted by atomic mass is 32.1. The zero-order valence-corrected chi connectivity index (χ0v) is 15.5. The molecular formula is C17H22N4O3S. The van der Waals surface area contributed by atoms with Crippen LogP contribution in [0.3, 0.4) is 0 Å². The molecule has 2 rings (SSSR count). The molecule has 1 aromatic carbocycles. The topological polar surface area (TPSA) is 93.2 Å². The Morgan fingerprint density at radius 2 is 2.00 bits per heavy atom. The van der Waals surface area contributed by atoms with Gasteiger partial charge in [0.1, 0.15) is 16.8 Å². The lowest BCUT2D eigenvalue weighted by molar-refractivity contribution is -0.126. The van der Waals surface area contributed by atoms with Crippen molar-refractivity contribution in [3.05, 3.63) is 24.3 Å². The Labute approximate surface area is 150 Å². The van der Waals surface area contributed by atoms with Crippen LogP contribution in [-0.2, 0) is 9.59 Å². The Morgan fingerprint density at radius 3 is 2.68 bits per heavy atom. The van der Waals surface area contributed by atoms with E-state index in [-0.39, 0.29) is 17.7 Å². The van der Waals surface area contributed by atoms with Crippen molar-refractivity contribution in [3.63, 3.8) is 0 Å². The van der Waals surface area contributed by atoms with Crippen LogP contribution in [0.25, 0.3) is 10.6 Å². The van der Waals surface area contributed by atoms with Gasteiger partial charge in [-0.25, -0.2) is 0 Å². The molecule has 7 nitrogen and oxygen atoms in total. The summed E-state index contributed by atoms with van der Waals surface area (Å²) in [6, 6.07) is 6.80. The minimum atomic E-state index is -0.643. The number of nitrogens with one attached hydrogen (secondary N) is 2. The van der Waals surface area contributed by atoms with Crippen molar-refractivity contribution in [3.8, 4) is 16.3 Å². The largest absolute Gasteiger partial charge is 0.497 e. The second-order valence-corrected chi connectivity index (χ2v) is 7.00. The van der Waals surface area contributed by atoms with Gasteiger partial charge in [-0.15, -0.1) is 10.2 Å². The van der Waals surface area contributed by atoms with Crippen molar-refractivity contribution in [1.82, 2.24) is 15.5 Å². The molecule has 0 aliphatic carbocycles. The van der Waals surface area contributed by atoms with E-state index in [2.05, 4.69) is 20.8 Å². The average molecular weight is 362 g/mol. The molecule has 0 bridgehead atoms. The molecule has 0 aliphatic rings. The zero-order chi connectivity index (χ0) is 18.4. The van der Waals surface area contributed by atoms with Gasteiger partial charge in [-0.1, -0.05) is 37.3 Å². The number of aromatic nitrogens is 2. The molecule has 25 heavy (non-hydrogen) atoms. The summed E-state index contributed by atoms with van der Waals surface area (Å²) in [5, 5.41) is 14.5. The standard InChI is InChI=1S/C17H22N4O3S/c1-10(2)8-14(22)18-11(3)15(23)19-17-21-20-16(25-17)12-6-5-7-13(9-12)24-4/h5-7,9-11H,8H2,1-4H3,(H,18,22)(H,19,21,23). The molecule has 1 atom stereocenters. The van der Waals surface area contributed by atoms with E-state index in [4.69, 9.17) is 4.74 Å². The molecule has 0 aliphatic heterocycles. The van der Waals surface area contributed by atoms with Crippen LogP contribution < -0.4 is 15.4 Å². The van der Waals surface area contributed by atoms with E-state index in [0.29, 0.717) is 16.6 Å². The zero-order valence-electron chi connectivity index (χ0n) is 14.7. The summed E-state index contributed by atoms with van der Waals surface area (Å²) in [5.74, 6) is 0.487. The fourth-order valence-electron chi connectivity index (χ4n) is 2.10. The Kier molecular flexibility index (Phi) is 6.46. The van der Waals surface area contributed by atoms with Crippen molar-refractivity contribution < 1.29 is 14.3 Å². The maximum atomic E-state index is 12.2. The number of amides is 2. The number of benzene rings is 1. The molecule has 2 aromatic rings. The van der Waals surface area contributed by atoms with Gasteiger partial charge in [0.25, 0.3) is 0 Å². The lowest BCUT2D eigenvalue weighted by atomic mass is 10.1. The van der Waals surface area contributed by atoms with Crippen LogP contribution in [0.2, 0.25) is 0 Å². The summed E-state index contributed by atoms with van der Waals surface area (Å²) in [4.78, 5) is 23.9. The minimum Gasteiger partial charge on any atom is -0.497 e. The lowest BCUT2D eigenvalue weighted by Gasteiger charge is -2.13. The Morgan fingerprint density at radius 1 is 1.24 bits per heavy atom.